The lowest BCUT2D eigenvalue weighted by Gasteiger charge is -2.13. The summed E-state index contributed by atoms with van der Waals surface area (Å²) >= 11 is 19.8. The highest BCUT2D eigenvalue weighted by Gasteiger charge is 2.21. The Bertz CT molecular complexity index is 1890. The van der Waals surface area contributed by atoms with E-state index in [9.17, 15) is 14.7 Å². The average Bonchev–Trinajstić information content (AvgIpc) is 3.73. The summed E-state index contributed by atoms with van der Waals surface area (Å²) in [6, 6.07) is 5.10. The zero-order valence-electron chi connectivity index (χ0n) is 28.3. The van der Waals surface area contributed by atoms with E-state index in [1.54, 1.807) is 49.2 Å². The van der Waals surface area contributed by atoms with Crippen LogP contribution >= 0.6 is 57.4 Å². The van der Waals surface area contributed by atoms with Crippen molar-refractivity contribution in [2.45, 2.75) is 66.9 Å². The Morgan fingerprint density at radius 2 is 1.27 bits per heavy atom. The standard InChI is InChI=1S/C13H14ClNO.C13H12ClNO.C8H10O.C5H3ClIN/c2*1-8-5-10(6-9(8)2)13(16)11-7-15-4-3-12(11)14;1-6-3-8(5-9)4-7(6)2;6-4-1-2-8-3-5(4)7/h3-5,7,13,16H,6H2,1-2H3;3-5,7H,6H2,1-2H3;3,5H,4H2,1-2H3;1-3H. The van der Waals surface area contributed by atoms with Gasteiger partial charge in [-0.15, -0.1) is 0 Å². The van der Waals surface area contributed by atoms with Gasteiger partial charge < -0.3 is 5.11 Å². The maximum absolute atomic E-state index is 12.1. The average molecular weight is 831 g/mol. The van der Waals surface area contributed by atoms with Gasteiger partial charge >= 0.3 is 0 Å². The highest BCUT2D eigenvalue weighted by atomic mass is 127. The molecule has 0 radical (unpaired) electrons. The second-order valence-corrected chi connectivity index (χ2v) is 14.3. The Morgan fingerprint density at radius 3 is 1.69 bits per heavy atom. The fourth-order valence-electron chi connectivity index (χ4n) is 4.92. The molecular weight excluding hydrogens is 792 g/mol. The van der Waals surface area contributed by atoms with Crippen molar-refractivity contribution in [3.8, 4) is 0 Å². The number of aliphatic hydroxyl groups excluding tert-OH is 1. The molecule has 6 nitrogen and oxygen atoms in total. The molecule has 0 fully saturated rings. The number of carbonyl (C=O) groups is 2. The van der Waals surface area contributed by atoms with Gasteiger partial charge in [-0.2, -0.15) is 0 Å². The summed E-state index contributed by atoms with van der Waals surface area (Å²) < 4.78 is 0.992. The van der Waals surface area contributed by atoms with Crippen molar-refractivity contribution in [2.75, 3.05) is 0 Å². The number of aromatic nitrogens is 3. The Labute approximate surface area is 317 Å². The van der Waals surface area contributed by atoms with Gasteiger partial charge in [-0.1, -0.05) is 86.5 Å². The molecule has 0 saturated carbocycles. The largest absolute Gasteiger partial charge is 0.384 e. The van der Waals surface area contributed by atoms with E-state index in [-0.39, 0.29) is 5.78 Å². The van der Waals surface area contributed by atoms with E-state index in [2.05, 4.69) is 58.3 Å². The first-order valence-corrected chi connectivity index (χ1v) is 17.7. The molecule has 256 valence electrons. The molecule has 0 aliphatic heterocycles. The molecule has 0 saturated heterocycles. The molecule has 3 aromatic heterocycles. The van der Waals surface area contributed by atoms with Crippen molar-refractivity contribution >= 4 is 69.5 Å². The van der Waals surface area contributed by atoms with Crippen LogP contribution in [0.1, 0.15) is 82.8 Å². The fraction of sp³-hybridized carbons (Fsp3) is 0.256. The monoisotopic (exact) mass is 829 g/mol. The van der Waals surface area contributed by atoms with Gasteiger partial charge in [0.15, 0.2) is 5.78 Å². The number of hydrogen-bond donors (Lipinski definition) is 1. The normalized spacial score (nSPS) is 15.6. The van der Waals surface area contributed by atoms with Crippen LogP contribution in [-0.2, 0) is 4.79 Å². The van der Waals surface area contributed by atoms with Crippen LogP contribution in [0.25, 0.3) is 0 Å². The van der Waals surface area contributed by atoms with Crippen molar-refractivity contribution < 1.29 is 14.7 Å². The number of allylic oxidation sites excluding steroid dienone is 11. The van der Waals surface area contributed by atoms with Gasteiger partial charge in [-0.05, 0) is 113 Å². The van der Waals surface area contributed by atoms with E-state index in [1.807, 2.05) is 39.0 Å². The molecule has 0 spiro atoms. The van der Waals surface area contributed by atoms with Crippen LogP contribution in [0.15, 0.2) is 124 Å². The number of hydrogen-bond acceptors (Lipinski definition) is 6. The predicted octanol–water partition coefficient (Wildman–Crippen LogP) is 11.2. The van der Waals surface area contributed by atoms with E-state index in [0.29, 0.717) is 21.2 Å². The van der Waals surface area contributed by atoms with Gasteiger partial charge in [0.2, 0.25) is 0 Å². The number of Topliss-reactive ketones (excluding diaryl/α,β-unsaturated/α-hetero) is 1. The minimum absolute atomic E-state index is 0.0192. The predicted molar refractivity (Wildman–Crippen MR) is 209 cm³/mol. The molecule has 49 heavy (non-hydrogen) atoms. The summed E-state index contributed by atoms with van der Waals surface area (Å²) in [7, 11) is 0. The molecule has 6 rings (SSSR count). The number of rotatable bonds is 5. The van der Waals surface area contributed by atoms with E-state index in [0.717, 1.165) is 50.9 Å². The fourth-order valence-corrected chi connectivity index (χ4v) is 5.77. The van der Waals surface area contributed by atoms with Crippen LogP contribution in [0.2, 0.25) is 15.1 Å². The summed E-state index contributed by atoms with van der Waals surface area (Å²) in [6.45, 7) is 12.3. The summed E-state index contributed by atoms with van der Waals surface area (Å²) in [5.41, 5.74) is 11.4. The van der Waals surface area contributed by atoms with Crippen molar-refractivity contribution in [1.82, 2.24) is 15.0 Å². The number of halogens is 4. The van der Waals surface area contributed by atoms with Crippen molar-refractivity contribution in [2.24, 2.45) is 0 Å². The molecule has 1 N–H and O–H groups in total. The molecule has 0 aromatic carbocycles. The van der Waals surface area contributed by atoms with Gasteiger partial charge in [0, 0.05) is 56.9 Å². The van der Waals surface area contributed by atoms with Crippen LogP contribution in [0.5, 0.6) is 0 Å². The molecule has 3 heterocycles. The minimum atomic E-state index is -0.645. The first kappa shape index (κ1) is 40.2. The molecule has 10 heteroatoms. The van der Waals surface area contributed by atoms with Gasteiger partial charge in [0.25, 0.3) is 0 Å². The van der Waals surface area contributed by atoms with Crippen LogP contribution < -0.4 is 0 Å². The topological polar surface area (TPSA) is 93.0 Å². The van der Waals surface area contributed by atoms with Crippen LogP contribution in [0.4, 0.5) is 0 Å². The maximum Gasteiger partial charge on any atom is 0.192 e. The van der Waals surface area contributed by atoms with Crippen LogP contribution in [0.3, 0.4) is 0 Å². The lowest BCUT2D eigenvalue weighted by Crippen LogP contribution is -2.03. The number of aldehydes is 1. The molecule has 3 aliphatic carbocycles. The van der Waals surface area contributed by atoms with E-state index in [4.69, 9.17) is 34.8 Å². The summed E-state index contributed by atoms with van der Waals surface area (Å²) in [5.74, 6) is -0.0192. The molecule has 3 aliphatic rings. The van der Waals surface area contributed by atoms with Gasteiger partial charge in [0.1, 0.15) is 12.4 Å². The molecular formula is C39H39Cl3IN3O3. The lowest BCUT2D eigenvalue weighted by atomic mass is 10.0. The highest BCUT2D eigenvalue weighted by molar-refractivity contribution is 14.1. The molecule has 0 bridgehead atoms. The van der Waals surface area contributed by atoms with Crippen LogP contribution in [0, 0.1) is 3.57 Å². The Hall–Kier alpha value is -3.21. The third-order valence-electron chi connectivity index (χ3n) is 8.23. The second kappa shape index (κ2) is 19.3. The van der Waals surface area contributed by atoms with E-state index in [1.165, 1.54) is 39.6 Å². The summed E-state index contributed by atoms with van der Waals surface area (Å²) in [6.07, 6.45) is 18.3. The Morgan fingerprint density at radius 1 is 0.735 bits per heavy atom. The Kier molecular flexibility index (Phi) is 15.8. The number of nitrogens with zero attached hydrogens (tertiary/aromatic N) is 3. The van der Waals surface area contributed by atoms with Crippen LogP contribution in [-0.4, -0.2) is 32.1 Å². The number of pyridine rings is 3. The number of ketones is 1. The maximum atomic E-state index is 12.1. The first-order valence-electron chi connectivity index (χ1n) is 15.5. The van der Waals surface area contributed by atoms with Gasteiger partial charge in [-0.25, -0.2) is 0 Å². The minimum Gasteiger partial charge on any atom is -0.384 e. The highest BCUT2D eigenvalue weighted by Crippen LogP contribution is 2.36. The first-order chi connectivity index (χ1) is 23.2. The third-order valence-corrected chi connectivity index (χ3v) is 10.4. The third kappa shape index (κ3) is 11.7. The smallest absolute Gasteiger partial charge is 0.192 e. The lowest BCUT2D eigenvalue weighted by molar-refractivity contribution is -0.105. The quantitative estimate of drug-likeness (QED) is 0.156. The van der Waals surface area contributed by atoms with E-state index >= 15 is 0 Å². The molecule has 3 aromatic rings. The zero-order chi connectivity index (χ0) is 36.2. The number of aliphatic hydroxyl groups is 1. The zero-order valence-corrected chi connectivity index (χ0v) is 32.7. The van der Waals surface area contributed by atoms with Crippen molar-refractivity contribution in [3.63, 3.8) is 0 Å². The van der Waals surface area contributed by atoms with Gasteiger partial charge in [-0.3, -0.25) is 24.5 Å². The second-order valence-electron chi connectivity index (χ2n) is 11.9. The van der Waals surface area contributed by atoms with Crippen molar-refractivity contribution in [3.05, 3.63) is 154 Å². The Balaban J connectivity index is 0.000000185. The summed E-state index contributed by atoms with van der Waals surface area (Å²) in [5, 5.41) is 12.0. The van der Waals surface area contributed by atoms with E-state index < -0.39 is 6.10 Å². The molecule has 0 amide bonds. The van der Waals surface area contributed by atoms with Crippen molar-refractivity contribution in [1.29, 1.82) is 0 Å². The molecule has 1 unspecified atom stereocenters. The molecule has 1 atom stereocenters. The summed E-state index contributed by atoms with van der Waals surface area (Å²) in [4.78, 5) is 34.1. The van der Waals surface area contributed by atoms with Gasteiger partial charge in [0.05, 0.1) is 15.6 Å². The SMILES string of the molecule is CC1=C(C)CC(C(=O)c2cnccc2Cl)=C1.CC1=C(C)CC(C(O)c2cnccc2Cl)=C1.CC1=C(C)CC(C=O)=C1.Clc1ccncc1I. The number of carbonyl (C=O) groups excluding carboxylic acids is 2.